The van der Waals surface area contributed by atoms with E-state index >= 15 is 0 Å². The van der Waals surface area contributed by atoms with Crippen LogP contribution < -0.4 is 15.4 Å². The first kappa shape index (κ1) is 17.1. The number of esters is 1. The van der Waals surface area contributed by atoms with E-state index in [1.165, 1.54) is 14.0 Å². The van der Waals surface area contributed by atoms with Crippen molar-refractivity contribution in [3.63, 3.8) is 0 Å². The smallest absolute Gasteiger partial charge is 0.321 e. The minimum Gasteiger partial charge on any atom is -0.492 e. The number of amides is 3. The van der Waals surface area contributed by atoms with Crippen LogP contribution in [0.25, 0.3) is 0 Å². The van der Waals surface area contributed by atoms with Crippen LogP contribution in [0.5, 0.6) is 5.75 Å². The van der Waals surface area contributed by atoms with Crippen LogP contribution >= 0.6 is 11.6 Å². The molecule has 1 aliphatic heterocycles. The zero-order valence-corrected chi connectivity index (χ0v) is 13.5. The average Bonchev–Trinajstić information content (AvgIpc) is 2.53. The van der Waals surface area contributed by atoms with Crippen LogP contribution in [0.2, 0.25) is 5.02 Å². The van der Waals surface area contributed by atoms with E-state index in [-0.39, 0.29) is 6.61 Å². The van der Waals surface area contributed by atoms with Crippen molar-refractivity contribution in [2.24, 2.45) is 5.92 Å². The Hall–Kier alpha value is -2.28. The van der Waals surface area contributed by atoms with Crippen molar-refractivity contribution in [2.45, 2.75) is 19.4 Å². The summed E-state index contributed by atoms with van der Waals surface area (Å²) in [6, 6.07) is 4.53. The highest BCUT2D eigenvalue weighted by Gasteiger charge is 2.30. The molecule has 2 atom stereocenters. The van der Waals surface area contributed by atoms with Crippen molar-refractivity contribution in [3.8, 4) is 5.75 Å². The van der Waals surface area contributed by atoms with Gasteiger partial charge in [0.25, 0.3) is 5.91 Å². The maximum atomic E-state index is 12.1. The molecule has 0 saturated carbocycles. The Morgan fingerprint density at radius 2 is 2.13 bits per heavy atom. The van der Waals surface area contributed by atoms with Gasteiger partial charge in [-0.2, -0.15) is 0 Å². The lowest BCUT2D eigenvalue weighted by molar-refractivity contribution is -0.159. The van der Waals surface area contributed by atoms with Crippen molar-refractivity contribution in [1.29, 1.82) is 0 Å². The van der Waals surface area contributed by atoms with E-state index in [9.17, 15) is 14.4 Å². The van der Waals surface area contributed by atoms with Crippen LogP contribution in [-0.4, -0.2) is 37.7 Å². The number of nitrogens with one attached hydrogen (secondary N) is 2. The molecular weight excluding hydrogens is 324 g/mol. The Bertz CT molecular complexity index is 634. The second-order valence-corrected chi connectivity index (χ2v) is 5.55. The first-order valence-electron chi connectivity index (χ1n) is 7.05. The maximum Gasteiger partial charge on any atom is 0.321 e. The van der Waals surface area contributed by atoms with Crippen molar-refractivity contribution in [2.75, 3.05) is 13.7 Å². The van der Waals surface area contributed by atoms with Gasteiger partial charge in [0.05, 0.1) is 5.92 Å². The molecule has 0 bridgehead atoms. The predicted molar refractivity (Wildman–Crippen MR) is 82.3 cm³/mol. The number of carbonyl (C=O) groups is 3. The quantitative estimate of drug-likeness (QED) is 0.808. The van der Waals surface area contributed by atoms with Gasteiger partial charge in [0.1, 0.15) is 12.4 Å². The third kappa shape index (κ3) is 4.35. The molecule has 0 aromatic heterocycles. The van der Waals surface area contributed by atoms with Gasteiger partial charge < -0.3 is 14.8 Å². The van der Waals surface area contributed by atoms with E-state index in [1.807, 2.05) is 5.32 Å². The Morgan fingerprint density at radius 1 is 1.39 bits per heavy atom. The lowest BCUT2D eigenvalue weighted by atomic mass is 9.97. The van der Waals surface area contributed by atoms with E-state index in [1.54, 1.807) is 18.2 Å². The molecule has 1 aromatic rings. The molecular formula is C15H17ClN2O5. The summed E-state index contributed by atoms with van der Waals surface area (Å²) in [4.78, 5) is 34.9. The molecule has 0 aliphatic carbocycles. The fourth-order valence-electron chi connectivity index (χ4n) is 2.11. The first-order chi connectivity index (χ1) is 10.9. The molecule has 1 aromatic carbocycles. The van der Waals surface area contributed by atoms with Crippen LogP contribution in [0.1, 0.15) is 12.5 Å². The molecule has 23 heavy (non-hydrogen) atoms. The van der Waals surface area contributed by atoms with E-state index in [0.29, 0.717) is 17.2 Å². The van der Waals surface area contributed by atoms with Crippen LogP contribution in [0.15, 0.2) is 18.2 Å². The number of rotatable bonds is 3. The van der Waals surface area contributed by atoms with Gasteiger partial charge in [-0.25, -0.2) is 4.79 Å². The van der Waals surface area contributed by atoms with E-state index in [4.69, 9.17) is 21.1 Å². The molecule has 2 rings (SSSR count). The Morgan fingerprint density at radius 3 is 2.83 bits per heavy atom. The number of fused-ring (bicyclic) bond motifs is 1. The standard InChI is InChI=1S/C15H17ClN2O5/c1-8(13(19)18-15(21)17-2)23-14(20)10-5-9-6-11(16)3-4-12(9)22-7-10/h3-4,6,8,10H,5,7H2,1-2H3,(H2,17,18,19,21)/t8-,10-/m1/s1. The molecule has 0 saturated heterocycles. The molecule has 0 unspecified atom stereocenters. The number of halogens is 1. The summed E-state index contributed by atoms with van der Waals surface area (Å²) in [5.74, 6) is -1.10. The third-order valence-electron chi connectivity index (χ3n) is 3.39. The van der Waals surface area contributed by atoms with Gasteiger partial charge in [-0.1, -0.05) is 11.6 Å². The maximum absolute atomic E-state index is 12.1. The second kappa shape index (κ2) is 7.32. The Kier molecular flexibility index (Phi) is 5.44. The minimum absolute atomic E-state index is 0.164. The zero-order chi connectivity index (χ0) is 17.0. The minimum atomic E-state index is -1.08. The predicted octanol–water partition coefficient (Wildman–Crippen LogP) is 1.28. The number of urea groups is 1. The molecule has 0 spiro atoms. The van der Waals surface area contributed by atoms with E-state index < -0.39 is 29.9 Å². The Labute approximate surface area is 138 Å². The molecule has 1 aliphatic rings. The van der Waals surface area contributed by atoms with Gasteiger partial charge in [-0.3, -0.25) is 14.9 Å². The van der Waals surface area contributed by atoms with Crippen molar-refractivity contribution in [3.05, 3.63) is 28.8 Å². The van der Waals surface area contributed by atoms with Gasteiger partial charge in [0.2, 0.25) is 0 Å². The monoisotopic (exact) mass is 340 g/mol. The topological polar surface area (TPSA) is 93.7 Å². The van der Waals surface area contributed by atoms with E-state index in [0.717, 1.165) is 5.56 Å². The van der Waals surface area contributed by atoms with Crippen LogP contribution in [-0.2, 0) is 20.7 Å². The zero-order valence-electron chi connectivity index (χ0n) is 12.7. The molecule has 3 amide bonds. The molecule has 7 nitrogen and oxygen atoms in total. The van der Waals surface area contributed by atoms with Crippen molar-refractivity contribution in [1.82, 2.24) is 10.6 Å². The fraction of sp³-hybridized carbons (Fsp3) is 0.400. The number of hydrogen-bond acceptors (Lipinski definition) is 5. The largest absolute Gasteiger partial charge is 0.492 e. The van der Waals surface area contributed by atoms with Gasteiger partial charge >= 0.3 is 12.0 Å². The summed E-state index contributed by atoms with van der Waals surface area (Å²) in [6.07, 6.45) is -0.668. The highest BCUT2D eigenvalue weighted by Crippen LogP contribution is 2.30. The summed E-state index contributed by atoms with van der Waals surface area (Å²) >= 11 is 5.93. The van der Waals surface area contributed by atoms with Crippen molar-refractivity contribution < 1.29 is 23.9 Å². The van der Waals surface area contributed by atoms with E-state index in [2.05, 4.69) is 5.32 Å². The first-order valence-corrected chi connectivity index (χ1v) is 7.42. The second-order valence-electron chi connectivity index (χ2n) is 5.11. The number of ether oxygens (including phenoxy) is 2. The number of hydrogen-bond donors (Lipinski definition) is 2. The van der Waals surface area contributed by atoms with Crippen LogP contribution in [0.4, 0.5) is 4.79 Å². The number of imide groups is 1. The van der Waals surface area contributed by atoms with Gasteiger partial charge in [0.15, 0.2) is 6.10 Å². The molecule has 8 heteroatoms. The highest BCUT2D eigenvalue weighted by molar-refractivity contribution is 6.30. The number of carbonyl (C=O) groups excluding carboxylic acids is 3. The van der Waals surface area contributed by atoms with Crippen LogP contribution in [0, 0.1) is 5.92 Å². The third-order valence-corrected chi connectivity index (χ3v) is 3.62. The fourth-order valence-corrected chi connectivity index (χ4v) is 2.31. The molecule has 0 fully saturated rings. The number of benzene rings is 1. The summed E-state index contributed by atoms with van der Waals surface area (Å²) < 4.78 is 10.6. The van der Waals surface area contributed by atoms with Gasteiger partial charge in [-0.05, 0) is 37.1 Å². The lowest BCUT2D eigenvalue weighted by Gasteiger charge is -2.25. The summed E-state index contributed by atoms with van der Waals surface area (Å²) in [5, 5.41) is 4.84. The summed E-state index contributed by atoms with van der Waals surface area (Å²) in [5.41, 5.74) is 0.813. The average molecular weight is 341 g/mol. The van der Waals surface area contributed by atoms with Crippen molar-refractivity contribution >= 4 is 29.5 Å². The lowest BCUT2D eigenvalue weighted by Crippen LogP contribution is -2.44. The molecule has 0 radical (unpaired) electrons. The van der Waals surface area contributed by atoms with Crippen LogP contribution in [0.3, 0.4) is 0 Å². The SMILES string of the molecule is CNC(=O)NC(=O)[C@@H](C)OC(=O)[C@H]1COc2ccc(Cl)cc2C1. The molecule has 124 valence electrons. The van der Waals surface area contributed by atoms with Gasteiger partial charge in [-0.15, -0.1) is 0 Å². The Balaban J connectivity index is 1.94. The highest BCUT2D eigenvalue weighted by atomic mass is 35.5. The molecule has 1 heterocycles. The normalized spacial score (nSPS) is 17.3. The molecule has 2 N–H and O–H groups in total. The summed E-state index contributed by atoms with van der Waals surface area (Å²) in [6.45, 7) is 1.56. The van der Waals surface area contributed by atoms with Gasteiger partial charge in [0, 0.05) is 12.1 Å². The summed E-state index contributed by atoms with van der Waals surface area (Å²) in [7, 11) is 1.38.